The van der Waals surface area contributed by atoms with E-state index in [1.54, 1.807) is 32.9 Å². The number of carboxylic acids is 1. The van der Waals surface area contributed by atoms with Crippen molar-refractivity contribution in [3.05, 3.63) is 101 Å². The molecule has 3 aromatic rings. The summed E-state index contributed by atoms with van der Waals surface area (Å²) < 4.78 is 5.55. The fourth-order valence-corrected chi connectivity index (χ4v) is 3.88. The molecule has 0 bridgehead atoms. The SMILES string of the molecule is Cc1cccc(NC(=O)[C@@H](NC(=O)OCC(c2ccccc2)c2ccccc2)C(C)C)c1C(=O)O. The second-order valence-corrected chi connectivity index (χ2v) is 8.63. The molecule has 0 aliphatic carbocycles. The van der Waals surface area contributed by atoms with E-state index < -0.39 is 24.0 Å². The Morgan fingerprint density at radius 2 is 1.43 bits per heavy atom. The van der Waals surface area contributed by atoms with E-state index in [0.29, 0.717) is 5.56 Å². The first-order chi connectivity index (χ1) is 16.8. The number of rotatable bonds is 9. The molecule has 7 heteroatoms. The highest BCUT2D eigenvalue weighted by Crippen LogP contribution is 2.25. The normalized spacial score (nSPS) is 11.7. The number of hydrogen-bond donors (Lipinski definition) is 3. The number of carboxylic acid groups (broad SMARTS) is 1. The van der Waals surface area contributed by atoms with Crippen molar-refractivity contribution in [2.45, 2.75) is 32.7 Å². The van der Waals surface area contributed by atoms with Crippen LogP contribution in [0.1, 0.15) is 46.8 Å². The number of anilines is 1. The number of carbonyl (C=O) groups excluding carboxylic acids is 2. The maximum absolute atomic E-state index is 13.0. The molecule has 0 aliphatic rings. The Bertz CT molecular complexity index is 1120. The van der Waals surface area contributed by atoms with Crippen LogP contribution in [-0.4, -0.2) is 35.7 Å². The highest BCUT2D eigenvalue weighted by Gasteiger charge is 2.27. The molecule has 0 saturated heterocycles. The van der Waals surface area contributed by atoms with Crippen LogP contribution < -0.4 is 10.6 Å². The molecule has 0 spiro atoms. The maximum atomic E-state index is 13.0. The zero-order valence-electron chi connectivity index (χ0n) is 20.0. The van der Waals surface area contributed by atoms with Gasteiger partial charge in [0.05, 0.1) is 11.3 Å². The lowest BCUT2D eigenvalue weighted by atomic mass is 9.92. The summed E-state index contributed by atoms with van der Waals surface area (Å²) in [5.74, 6) is -2.09. The summed E-state index contributed by atoms with van der Waals surface area (Å²) >= 11 is 0. The highest BCUT2D eigenvalue weighted by molar-refractivity contribution is 6.03. The largest absolute Gasteiger partial charge is 0.478 e. The molecule has 7 nitrogen and oxygen atoms in total. The Kier molecular flexibility index (Phi) is 8.62. The summed E-state index contributed by atoms with van der Waals surface area (Å²) in [6.07, 6.45) is -0.724. The van der Waals surface area contributed by atoms with Crippen LogP contribution in [0.25, 0.3) is 0 Å². The van der Waals surface area contributed by atoms with Gasteiger partial charge in [-0.25, -0.2) is 9.59 Å². The predicted molar refractivity (Wildman–Crippen MR) is 135 cm³/mol. The van der Waals surface area contributed by atoms with Gasteiger partial charge in [0, 0.05) is 5.92 Å². The molecule has 2 amide bonds. The quantitative estimate of drug-likeness (QED) is 0.395. The molecule has 0 radical (unpaired) electrons. The van der Waals surface area contributed by atoms with E-state index in [1.807, 2.05) is 60.7 Å². The Hall–Kier alpha value is -4.13. The third-order valence-electron chi connectivity index (χ3n) is 5.75. The molecule has 35 heavy (non-hydrogen) atoms. The van der Waals surface area contributed by atoms with Crippen molar-refractivity contribution >= 4 is 23.7 Å². The van der Waals surface area contributed by atoms with Crippen LogP contribution >= 0.6 is 0 Å². The number of carbonyl (C=O) groups is 3. The number of nitrogens with one attached hydrogen (secondary N) is 2. The Morgan fingerprint density at radius 3 is 1.94 bits per heavy atom. The second kappa shape index (κ2) is 11.8. The summed E-state index contributed by atoms with van der Waals surface area (Å²) in [6, 6.07) is 23.4. The zero-order valence-corrected chi connectivity index (χ0v) is 20.0. The maximum Gasteiger partial charge on any atom is 0.407 e. The monoisotopic (exact) mass is 474 g/mol. The summed E-state index contributed by atoms with van der Waals surface area (Å²) in [7, 11) is 0. The lowest BCUT2D eigenvalue weighted by molar-refractivity contribution is -0.119. The van der Waals surface area contributed by atoms with Gasteiger partial charge in [-0.1, -0.05) is 86.6 Å². The van der Waals surface area contributed by atoms with Gasteiger partial charge >= 0.3 is 12.1 Å². The van der Waals surface area contributed by atoms with Gasteiger partial charge in [-0.15, -0.1) is 0 Å². The molecule has 3 rings (SSSR count). The third kappa shape index (κ3) is 6.69. The fourth-order valence-electron chi connectivity index (χ4n) is 3.88. The first-order valence-electron chi connectivity index (χ1n) is 11.4. The van der Waals surface area contributed by atoms with Crippen molar-refractivity contribution in [1.29, 1.82) is 0 Å². The number of aromatic carboxylic acids is 1. The van der Waals surface area contributed by atoms with Crippen LogP contribution in [0.15, 0.2) is 78.9 Å². The minimum absolute atomic E-state index is 0.0134. The first-order valence-corrected chi connectivity index (χ1v) is 11.4. The number of benzene rings is 3. The van der Waals surface area contributed by atoms with Crippen LogP contribution in [0.5, 0.6) is 0 Å². The van der Waals surface area contributed by atoms with Crippen molar-refractivity contribution in [2.24, 2.45) is 5.92 Å². The molecule has 3 N–H and O–H groups in total. The van der Waals surface area contributed by atoms with Gasteiger partial charge in [0.2, 0.25) is 5.91 Å². The van der Waals surface area contributed by atoms with Gasteiger partial charge in [-0.05, 0) is 35.6 Å². The van der Waals surface area contributed by atoms with Crippen molar-refractivity contribution < 1.29 is 24.2 Å². The van der Waals surface area contributed by atoms with Gasteiger partial charge in [0.15, 0.2) is 0 Å². The van der Waals surface area contributed by atoms with Crippen LogP contribution in [-0.2, 0) is 9.53 Å². The molecule has 3 aromatic carbocycles. The van der Waals surface area contributed by atoms with E-state index in [2.05, 4.69) is 10.6 Å². The van der Waals surface area contributed by atoms with Gasteiger partial charge in [0.1, 0.15) is 12.6 Å². The van der Waals surface area contributed by atoms with E-state index >= 15 is 0 Å². The number of hydrogen-bond acceptors (Lipinski definition) is 4. The number of aryl methyl sites for hydroxylation is 1. The molecule has 0 aromatic heterocycles. The lowest BCUT2D eigenvalue weighted by Gasteiger charge is -2.23. The minimum Gasteiger partial charge on any atom is -0.478 e. The third-order valence-corrected chi connectivity index (χ3v) is 5.75. The molecule has 0 aliphatic heterocycles. The van der Waals surface area contributed by atoms with Gasteiger partial charge in [-0.2, -0.15) is 0 Å². The minimum atomic E-state index is -1.14. The molecule has 0 heterocycles. The van der Waals surface area contributed by atoms with Gasteiger partial charge in [-0.3, -0.25) is 4.79 Å². The highest BCUT2D eigenvalue weighted by atomic mass is 16.5. The number of amides is 2. The predicted octanol–water partition coefficient (Wildman–Crippen LogP) is 5.21. The van der Waals surface area contributed by atoms with Crippen LogP contribution in [0.3, 0.4) is 0 Å². The van der Waals surface area contributed by atoms with Gasteiger partial charge in [0.25, 0.3) is 0 Å². The van der Waals surface area contributed by atoms with Crippen molar-refractivity contribution in [3.8, 4) is 0 Å². The molecule has 1 atom stereocenters. The second-order valence-electron chi connectivity index (χ2n) is 8.63. The summed E-state index contributed by atoms with van der Waals surface area (Å²) in [6.45, 7) is 5.32. The van der Waals surface area contributed by atoms with Gasteiger partial charge < -0.3 is 20.5 Å². The Morgan fingerprint density at radius 1 is 0.857 bits per heavy atom. The molecule has 0 unspecified atom stereocenters. The van der Waals surface area contributed by atoms with Crippen LogP contribution in [0, 0.1) is 12.8 Å². The van der Waals surface area contributed by atoms with E-state index in [-0.39, 0.29) is 29.7 Å². The van der Waals surface area contributed by atoms with Crippen molar-refractivity contribution in [1.82, 2.24) is 5.32 Å². The zero-order chi connectivity index (χ0) is 25.4. The molecule has 182 valence electrons. The average molecular weight is 475 g/mol. The summed E-state index contributed by atoms with van der Waals surface area (Å²) in [5.41, 5.74) is 2.73. The average Bonchev–Trinajstić information content (AvgIpc) is 2.83. The molecular formula is C28H30N2O5. The van der Waals surface area contributed by atoms with E-state index in [0.717, 1.165) is 11.1 Å². The van der Waals surface area contributed by atoms with Crippen molar-refractivity contribution in [3.63, 3.8) is 0 Å². The smallest absolute Gasteiger partial charge is 0.407 e. The van der Waals surface area contributed by atoms with E-state index in [4.69, 9.17) is 4.74 Å². The van der Waals surface area contributed by atoms with E-state index in [1.165, 1.54) is 6.07 Å². The number of ether oxygens (including phenoxy) is 1. The Balaban J connectivity index is 1.70. The fraction of sp³-hybridized carbons (Fsp3) is 0.250. The molecule has 0 fully saturated rings. The standard InChI is InChI=1S/C28H30N2O5/c1-18(2)25(26(31)29-23-16-10-11-19(3)24(23)27(32)33)30-28(34)35-17-22(20-12-6-4-7-13-20)21-14-8-5-9-15-21/h4-16,18,22,25H,17H2,1-3H3,(H,29,31)(H,30,34)(H,32,33)/t25-/m0/s1. The van der Waals surface area contributed by atoms with Crippen LogP contribution in [0.2, 0.25) is 0 Å². The summed E-state index contributed by atoms with van der Waals surface area (Å²) in [5, 5.41) is 14.8. The first kappa shape index (κ1) is 25.5. The van der Waals surface area contributed by atoms with Crippen LogP contribution in [0.4, 0.5) is 10.5 Å². The Labute approximate surface area is 205 Å². The molecule has 0 saturated carbocycles. The van der Waals surface area contributed by atoms with Crippen molar-refractivity contribution in [2.75, 3.05) is 11.9 Å². The van der Waals surface area contributed by atoms with E-state index in [9.17, 15) is 19.5 Å². The topological polar surface area (TPSA) is 105 Å². The lowest BCUT2D eigenvalue weighted by Crippen LogP contribution is -2.47. The summed E-state index contributed by atoms with van der Waals surface area (Å²) in [4.78, 5) is 37.3. The molecular weight excluding hydrogens is 444 g/mol. The number of alkyl carbamates (subject to hydrolysis) is 1.